The van der Waals surface area contributed by atoms with Gasteiger partial charge in [-0.3, -0.25) is 15.0 Å². The second-order valence-electron chi connectivity index (χ2n) is 4.65. The largest absolute Gasteiger partial charge is 0.380 e. The summed E-state index contributed by atoms with van der Waals surface area (Å²) in [5.41, 5.74) is 1.68. The summed E-state index contributed by atoms with van der Waals surface area (Å²) < 4.78 is 0. The zero-order valence-corrected chi connectivity index (χ0v) is 11.4. The minimum atomic E-state index is -0.336. The molecule has 18 heavy (non-hydrogen) atoms. The Hall–Kier alpha value is -1.62. The zero-order chi connectivity index (χ0) is 13.7. The topological polar surface area (TPSA) is 58.4 Å². The van der Waals surface area contributed by atoms with Crippen molar-refractivity contribution in [2.75, 3.05) is 18.9 Å². The van der Waals surface area contributed by atoms with Crippen molar-refractivity contribution in [2.24, 2.45) is 0 Å². The summed E-state index contributed by atoms with van der Waals surface area (Å²) in [7, 11) is 2.01. The van der Waals surface area contributed by atoms with E-state index in [0.717, 1.165) is 5.56 Å². The lowest BCUT2D eigenvalue weighted by Gasteiger charge is -2.21. The summed E-state index contributed by atoms with van der Waals surface area (Å²) in [5, 5.41) is 14.0. The highest BCUT2D eigenvalue weighted by Gasteiger charge is 2.15. The third kappa shape index (κ3) is 3.70. The molecule has 1 aromatic rings. The molecular weight excluding hydrogens is 230 g/mol. The number of nitrogens with one attached hydrogen (secondary N) is 1. The van der Waals surface area contributed by atoms with Gasteiger partial charge in [-0.1, -0.05) is 6.07 Å². The first kappa shape index (κ1) is 14.4. The van der Waals surface area contributed by atoms with E-state index in [1.165, 1.54) is 0 Å². The van der Waals surface area contributed by atoms with Crippen LogP contribution in [0, 0.1) is 10.1 Å². The minimum Gasteiger partial charge on any atom is -0.380 e. The van der Waals surface area contributed by atoms with Gasteiger partial charge in [0, 0.05) is 25.2 Å². The van der Waals surface area contributed by atoms with Gasteiger partial charge in [0.2, 0.25) is 0 Å². The van der Waals surface area contributed by atoms with E-state index in [0.29, 0.717) is 24.8 Å². The Labute approximate surface area is 108 Å². The molecule has 0 aliphatic rings. The fourth-order valence-electron chi connectivity index (χ4n) is 1.64. The monoisotopic (exact) mass is 251 g/mol. The van der Waals surface area contributed by atoms with Gasteiger partial charge in [-0.25, -0.2) is 0 Å². The molecule has 0 aliphatic carbocycles. The van der Waals surface area contributed by atoms with Crippen LogP contribution in [0.15, 0.2) is 18.2 Å². The zero-order valence-electron chi connectivity index (χ0n) is 11.4. The maximum atomic E-state index is 11.0. The van der Waals surface area contributed by atoms with Crippen LogP contribution in [-0.2, 0) is 6.54 Å². The lowest BCUT2D eigenvalue weighted by atomic mass is 10.1. The van der Waals surface area contributed by atoms with Crippen LogP contribution >= 0.6 is 0 Å². The second kappa shape index (κ2) is 6.35. The van der Waals surface area contributed by atoms with Crippen LogP contribution in [0.3, 0.4) is 0 Å². The van der Waals surface area contributed by atoms with Gasteiger partial charge in [0.25, 0.3) is 5.69 Å². The number of nitro groups is 1. The molecule has 5 heteroatoms. The highest BCUT2D eigenvalue weighted by molar-refractivity contribution is 5.62. The van der Waals surface area contributed by atoms with Crippen molar-refractivity contribution in [2.45, 2.75) is 33.4 Å². The van der Waals surface area contributed by atoms with Crippen molar-refractivity contribution in [3.63, 3.8) is 0 Å². The summed E-state index contributed by atoms with van der Waals surface area (Å²) in [6.45, 7) is 7.50. The normalized spacial score (nSPS) is 11.0. The number of nitro benzene ring substituents is 1. The van der Waals surface area contributed by atoms with Crippen molar-refractivity contribution in [1.29, 1.82) is 0 Å². The summed E-state index contributed by atoms with van der Waals surface area (Å²) in [5.74, 6) is 0. The molecular formula is C13H21N3O2. The molecule has 5 nitrogen and oxygen atoms in total. The number of nitrogens with zero attached hydrogens (tertiary/aromatic N) is 2. The van der Waals surface area contributed by atoms with Gasteiger partial charge in [-0.15, -0.1) is 0 Å². The maximum absolute atomic E-state index is 11.0. The average molecular weight is 251 g/mol. The van der Waals surface area contributed by atoms with Gasteiger partial charge in [-0.05, 0) is 39.4 Å². The summed E-state index contributed by atoms with van der Waals surface area (Å²) in [6, 6.07) is 5.78. The van der Waals surface area contributed by atoms with Gasteiger partial charge in [0.1, 0.15) is 5.69 Å². The molecule has 0 fully saturated rings. The maximum Gasteiger partial charge on any atom is 0.292 e. The molecule has 0 radical (unpaired) electrons. The van der Waals surface area contributed by atoms with Gasteiger partial charge in [0.05, 0.1) is 4.92 Å². The molecule has 1 aromatic carbocycles. The van der Waals surface area contributed by atoms with Crippen LogP contribution in [0.5, 0.6) is 0 Å². The molecule has 1 rings (SSSR count). The SMILES string of the molecule is CCNc1ccc(CN(C)C(C)C)cc1[N+](=O)[O-]. The van der Waals surface area contributed by atoms with E-state index in [1.807, 2.05) is 20.0 Å². The van der Waals surface area contributed by atoms with E-state index in [2.05, 4.69) is 24.1 Å². The first-order valence-corrected chi connectivity index (χ1v) is 6.17. The molecule has 0 aromatic heterocycles. The smallest absolute Gasteiger partial charge is 0.292 e. The van der Waals surface area contributed by atoms with E-state index < -0.39 is 0 Å². The van der Waals surface area contributed by atoms with Gasteiger partial charge < -0.3 is 5.32 Å². The van der Waals surface area contributed by atoms with Crippen LogP contribution in [-0.4, -0.2) is 29.5 Å². The quantitative estimate of drug-likeness (QED) is 0.624. The molecule has 0 saturated carbocycles. The third-order valence-corrected chi connectivity index (χ3v) is 2.94. The van der Waals surface area contributed by atoms with Crippen LogP contribution in [0.25, 0.3) is 0 Å². The van der Waals surface area contributed by atoms with Crippen molar-refractivity contribution in [3.05, 3.63) is 33.9 Å². The molecule has 0 saturated heterocycles. The molecule has 0 amide bonds. The Bertz CT molecular complexity index is 419. The minimum absolute atomic E-state index is 0.145. The molecule has 100 valence electrons. The number of anilines is 1. The highest BCUT2D eigenvalue weighted by Crippen LogP contribution is 2.26. The average Bonchev–Trinajstić information content (AvgIpc) is 2.30. The van der Waals surface area contributed by atoms with Crippen LogP contribution in [0.1, 0.15) is 26.3 Å². The fraction of sp³-hybridized carbons (Fsp3) is 0.538. The van der Waals surface area contributed by atoms with Crippen molar-refractivity contribution < 1.29 is 4.92 Å². The van der Waals surface area contributed by atoms with Crippen molar-refractivity contribution >= 4 is 11.4 Å². The molecule has 0 unspecified atom stereocenters. The molecule has 0 spiro atoms. The predicted octanol–water partition coefficient (Wildman–Crippen LogP) is 2.87. The first-order valence-electron chi connectivity index (χ1n) is 6.17. The van der Waals surface area contributed by atoms with E-state index in [-0.39, 0.29) is 10.6 Å². The summed E-state index contributed by atoms with van der Waals surface area (Å²) in [6.07, 6.45) is 0. The number of hydrogen-bond acceptors (Lipinski definition) is 4. The van der Waals surface area contributed by atoms with Crippen molar-refractivity contribution in [3.8, 4) is 0 Å². The molecule has 0 heterocycles. The first-order chi connectivity index (χ1) is 8.45. The van der Waals surface area contributed by atoms with E-state index >= 15 is 0 Å². The number of benzene rings is 1. The highest BCUT2D eigenvalue weighted by atomic mass is 16.6. The Kier molecular flexibility index (Phi) is 5.09. The summed E-state index contributed by atoms with van der Waals surface area (Å²) >= 11 is 0. The van der Waals surface area contributed by atoms with Gasteiger partial charge in [-0.2, -0.15) is 0 Å². The lowest BCUT2D eigenvalue weighted by molar-refractivity contribution is -0.384. The Morgan fingerprint density at radius 1 is 1.44 bits per heavy atom. The third-order valence-electron chi connectivity index (χ3n) is 2.94. The number of hydrogen-bond donors (Lipinski definition) is 1. The van der Waals surface area contributed by atoms with E-state index in [4.69, 9.17) is 0 Å². The van der Waals surface area contributed by atoms with Crippen LogP contribution < -0.4 is 5.32 Å². The van der Waals surface area contributed by atoms with Gasteiger partial charge >= 0.3 is 0 Å². The van der Waals surface area contributed by atoms with Crippen LogP contribution in [0.4, 0.5) is 11.4 Å². The molecule has 0 bridgehead atoms. The van der Waals surface area contributed by atoms with E-state index in [1.54, 1.807) is 12.1 Å². The number of rotatable bonds is 6. The fourth-order valence-corrected chi connectivity index (χ4v) is 1.64. The Morgan fingerprint density at radius 3 is 2.61 bits per heavy atom. The van der Waals surface area contributed by atoms with E-state index in [9.17, 15) is 10.1 Å². The lowest BCUT2D eigenvalue weighted by Crippen LogP contribution is -2.25. The van der Waals surface area contributed by atoms with Crippen LogP contribution in [0.2, 0.25) is 0 Å². The summed E-state index contributed by atoms with van der Waals surface area (Å²) in [4.78, 5) is 12.8. The molecule has 1 N–H and O–H groups in total. The second-order valence-corrected chi connectivity index (χ2v) is 4.65. The van der Waals surface area contributed by atoms with Gasteiger partial charge in [0.15, 0.2) is 0 Å². The molecule has 0 aliphatic heterocycles. The Morgan fingerprint density at radius 2 is 2.11 bits per heavy atom. The standard InChI is InChI=1S/C13H21N3O2/c1-5-14-12-7-6-11(8-13(12)16(17)18)9-15(4)10(2)3/h6-8,10,14H,5,9H2,1-4H3. The molecule has 0 atom stereocenters. The van der Waals surface area contributed by atoms with Crippen molar-refractivity contribution in [1.82, 2.24) is 4.90 Å². The predicted molar refractivity (Wildman–Crippen MR) is 73.9 cm³/mol. The Balaban J connectivity index is 2.96.